The first-order valence-corrected chi connectivity index (χ1v) is 8.85. The third-order valence-corrected chi connectivity index (χ3v) is 5.58. The van der Waals surface area contributed by atoms with Crippen LogP contribution in [0.1, 0.15) is 23.3 Å². The molecule has 19 heavy (non-hydrogen) atoms. The van der Waals surface area contributed by atoms with E-state index in [4.69, 9.17) is 0 Å². The molecule has 0 aliphatic carbocycles. The van der Waals surface area contributed by atoms with Gasteiger partial charge in [-0.25, -0.2) is 0 Å². The number of hydrogen-bond acceptors (Lipinski definition) is 2. The van der Waals surface area contributed by atoms with Gasteiger partial charge in [-0.1, -0.05) is 35.0 Å². The second-order valence-electron chi connectivity index (χ2n) is 4.45. The van der Waals surface area contributed by atoms with E-state index in [1.54, 1.807) is 0 Å². The molecule has 0 saturated carbocycles. The molecular weight excluding hydrogens is 386 g/mol. The molecule has 1 aromatic carbocycles. The zero-order valence-electron chi connectivity index (χ0n) is 10.8. The highest BCUT2D eigenvalue weighted by Gasteiger charge is 2.14. The number of rotatable bonds is 6. The highest BCUT2D eigenvalue weighted by molar-refractivity contribution is 9.10. The fourth-order valence-corrected chi connectivity index (χ4v) is 3.92. The van der Waals surface area contributed by atoms with E-state index in [1.165, 1.54) is 14.9 Å². The molecule has 0 radical (unpaired) electrons. The third-order valence-electron chi connectivity index (χ3n) is 3.10. The summed E-state index contributed by atoms with van der Waals surface area (Å²) >= 11 is 8.95. The van der Waals surface area contributed by atoms with E-state index < -0.39 is 0 Å². The molecule has 1 nitrogen and oxygen atoms in total. The van der Waals surface area contributed by atoms with Crippen molar-refractivity contribution in [1.29, 1.82) is 0 Å². The average Bonchev–Trinajstić information content (AvgIpc) is 2.81. The van der Waals surface area contributed by atoms with Gasteiger partial charge in [0.2, 0.25) is 0 Å². The van der Waals surface area contributed by atoms with Gasteiger partial charge in [-0.2, -0.15) is 0 Å². The second kappa shape index (κ2) is 7.58. The molecule has 1 heterocycles. The molecule has 0 spiro atoms. The van der Waals surface area contributed by atoms with E-state index in [0.29, 0.717) is 5.92 Å². The van der Waals surface area contributed by atoms with E-state index in [0.717, 1.165) is 24.0 Å². The predicted molar refractivity (Wildman–Crippen MR) is 91.1 cm³/mol. The summed E-state index contributed by atoms with van der Waals surface area (Å²) in [6.45, 7) is 4.18. The normalized spacial score (nSPS) is 12.6. The van der Waals surface area contributed by atoms with Crippen molar-refractivity contribution in [2.24, 2.45) is 0 Å². The quantitative estimate of drug-likeness (QED) is 0.699. The van der Waals surface area contributed by atoms with Crippen molar-refractivity contribution in [2.75, 3.05) is 13.1 Å². The highest BCUT2D eigenvalue weighted by Crippen LogP contribution is 2.29. The van der Waals surface area contributed by atoms with Crippen molar-refractivity contribution in [3.63, 3.8) is 0 Å². The maximum Gasteiger partial charge on any atom is 0.0314 e. The molecule has 1 aromatic heterocycles. The molecule has 0 fully saturated rings. The van der Waals surface area contributed by atoms with E-state index >= 15 is 0 Å². The number of thiophene rings is 1. The maximum atomic E-state index is 3.63. The van der Waals surface area contributed by atoms with E-state index in [2.05, 4.69) is 79.8 Å². The van der Waals surface area contributed by atoms with Crippen molar-refractivity contribution in [2.45, 2.75) is 19.3 Å². The minimum Gasteiger partial charge on any atom is -0.316 e. The molecule has 4 heteroatoms. The Hall–Kier alpha value is -0.160. The first kappa shape index (κ1) is 15.2. The molecule has 102 valence electrons. The lowest BCUT2D eigenvalue weighted by molar-refractivity contribution is 0.597. The lowest BCUT2D eigenvalue weighted by Crippen LogP contribution is -2.22. The molecule has 0 aliphatic rings. The summed E-state index contributed by atoms with van der Waals surface area (Å²) in [7, 11) is 0. The lowest BCUT2D eigenvalue weighted by atomic mass is 9.95. The van der Waals surface area contributed by atoms with Crippen LogP contribution in [0.15, 0.2) is 44.7 Å². The van der Waals surface area contributed by atoms with Gasteiger partial charge in [-0.15, -0.1) is 11.3 Å². The van der Waals surface area contributed by atoms with Crippen LogP contribution < -0.4 is 5.32 Å². The summed E-state index contributed by atoms with van der Waals surface area (Å²) in [5, 5.41) is 5.62. The van der Waals surface area contributed by atoms with Gasteiger partial charge in [-0.3, -0.25) is 0 Å². The third kappa shape index (κ3) is 4.42. The van der Waals surface area contributed by atoms with Crippen molar-refractivity contribution in [3.05, 3.63) is 55.1 Å². The van der Waals surface area contributed by atoms with Crippen LogP contribution in [0, 0.1) is 0 Å². The van der Waals surface area contributed by atoms with Gasteiger partial charge >= 0.3 is 0 Å². The second-order valence-corrected chi connectivity index (χ2v) is 7.22. The van der Waals surface area contributed by atoms with Gasteiger partial charge in [0.15, 0.2) is 0 Å². The van der Waals surface area contributed by atoms with Crippen molar-refractivity contribution in [3.8, 4) is 0 Å². The number of nitrogens with one attached hydrogen (secondary N) is 1. The predicted octanol–water partition coefficient (Wildman–Crippen LogP) is 5.21. The fraction of sp³-hybridized carbons (Fsp3) is 0.333. The van der Waals surface area contributed by atoms with E-state index in [1.807, 2.05) is 11.3 Å². The Morgan fingerprint density at radius 1 is 1.16 bits per heavy atom. The molecule has 2 aromatic rings. The van der Waals surface area contributed by atoms with E-state index in [9.17, 15) is 0 Å². The summed E-state index contributed by atoms with van der Waals surface area (Å²) in [4.78, 5) is 1.42. The van der Waals surface area contributed by atoms with Gasteiger partial charge in [0.1, 0.15) is 0 Å². The molecule has 1 unspecified atom stereocenters. The van der Waals surface area contributed by atoms with Gasteiger partial charge in [0, 0.05) is 26.3 Å². The van der Waals surface area contributed by atoms with Crippen LogP contribution in [0.5, 0.6) is 0 Å². The number of halogens is 2. The summed E-state index contributed by atoms with van der Waals surface area (Å²) in [6.07, 6.45) is 1.08. The molecule has 2 rings (SSSR count). The summed E-state index contributed by atoms with van der Waals surface area (Å²) in [6, 6.07) is 10.8. The number of benzene rings is 1. The first-order valence-electron chi connectivity index (χ1n) is 6.38. The van der Waals surface area contributed by atoms with Gasteiger partial charge in [0.25, 0.3) is 0 Å². The average molecular weight is 403 g/mol. The smallest absolute Gasteiger partial charge is 0.0314 e. The summed E-state index contributed by atoms with van der Waals surface area (Å²) in [5.74, 6) is 0.517. The minimum atomic E-state index is 0.517. The Kier molecular flexibility index (Phi) is 6.07. The fourth-order valence-electron chi connectivity index (χ4n) is 2.06. The Morgan fingerprint density at radius 3 is 2.47 bits per heavy atom. The Balaban J connectivity index is 2.15. The van der Waals surface area contributed by atoms with Crippen LogP contribution in [0.2, 0.25) is 0 Å². The summed E-state index contributed by atoms with van der Waals surface area (Å²) in [5.41, 5.74) is 1.39. The molecule has 0 bridgehead atoms. The largest absolute Gasteiger partial charge is 0.316 e. The standard InChI is InChI=1S/C15H17Br2NS/c1-2-18-10-12(9-15-14(17)7-8-19-15)11-3-5-13(16)6-4-11/h3-8,12,18H,2,9-10H2,1H3. The topological polar surface area (TPSA) is 12.0 Å². The number of hydrogen-bond donors (Lipinski definition) is 1. The van der Waals surface area contributed by atoms with Crippen molar-refractivity contribution < 1.29 is 0 Å². The van der Waals surface area contributed by atoms with Crippen LogP contribution in [-0.4, -0.2) is 13.1 Å². The zero-order chi connectivity index (χ0) is 13.7. The van der Waals surface area contributed by atoms with Crippen molar-refractivity contribution in [1.82, 2.24) is 5.32 Å². The molecule has 0 amide bonds. The maximum absolute atomic E-state index is 3.63. The Morgan fingerprint density at radius 2 is 1.89 bits per heavy atom. The SMILES string of the molecule is CCNCC(Cc1sccc1Br)c1ccc(Br)cc1. The van der Waals surface area contributed by atoms with Gasteiger partial charge in [-0.05, 0) is 58.0 Å². The van der Waals surface area contributed by atoms with Crippen molar-refractivity contribution >= 4 is 43.2 Å². The van der Waals surface area contributed by atoms with Crippen LogP contribution >= 0.6 is 43.2 Å². The lowest BCUT2D eigenvalue weighted by Gasteiger charge is -2.17. The first-order chi connectivity index (χ1) is 9.20. The highest BCUT2D eigenvalue weighted by atomic mass is 79.9. The zero-order valence-corrected chi connectivity index (χ0v) is 14.8. The molecule has 1 atom stereocenters. The van der Waals surface area contributed by atoms with Gasteiger partial charge < -0.3 is 5.32 Å². The monoisotopic (exact) mass is 401 g/mol. The van der Waals surface area contributed by atoms with E-state index in [-0.39, 0.29) is 0 Å². The van der Waals surface area contributed by atoms with Crippen LogP contribution in [0.3, 0.4) is 0 Å². The van der Waals surface area contributed by atoms with Crippen LogP contribution in [-0.2, 0) is 6.42 Å². The van der Waals surface area contributed by atoms with Crippen LogP contribution in [0.25, 0.3) is 0 Å². The molecule has 1 N–H and O–H groups in total. The molecular formula is C15H17Br2NS. The Labute approximate surface area is 135 Å². The number of likely N-dealkylation sites (N-methyl/N-ethyl adjacent to an activating group) is 1. The Bertz CT molecular complexity index is 507. The molecule has 0 aliphatic heterocycles. The minimum absolute atomic E-state index is 0.517. The summed E-state index contributed by atoms with van der Waals surface area (Å²) < 4.78 is 2.37. The van der Waals surface area contributed by atoms with Crippen LogP contribution in [0.4, 0.5) is 0 Å². The van der Waals surface area contributed by atoms with Gasteiger partial charge in [0.05, 0.1) is 0 Å². The molecule has 0 saturated heterocycles.